The molecule has 0 spiro atoms. The van der Waals surface area contributed by atoms with Crippen molar-refractivity contribution in [2.45, 2.75) is 64.5 Å². The number of amides is 6. The zero-order chi connectivity index (χ0) is 47.3. The van der Waals surface area contributed by atoms with Crippen LogP contribution in [0.5, 0.6) is 11.8 Å². The Labute approximate surface area is 364 Å². The first-order valence-electron chi connectivity index (χ1n) is 19.6. The zero-order valence-corrected chi connectivity index (χ0v) is 35.5. The van der Waals surface area contributed by atoms with E-state index in [-0.39, 0.29) is 47.4 Å². The number of nitrogens with one attached hydrogen (secondary N) is 2. The molecule has 6 N–H and O–H groups in total. The fourth-order valence-corrected chi connectivity index (χ4v) is 7.00. The Morgan fingerprint density at radius 1 is 0.625 bits per heavy atom. The summed E-state index contributed by atoms with van der Waals surface area (Å²) in [4.78, 5) is 92.6. The van der Waals surface area contributed by atoms with E-state index in [0.717, 1.165) is 9.80 Å². The molecule has 0 aliphatic carbocycles. The van der Waals surface area contributed by atoms with Crippen molar-refractivity contribution in [3.05, 3.63) is 94.8 Å². The highest BCUT2D eigenvalue weighted by Gasteiger charge is 2.50. The maximum atomic E-state index is 14.5. The molecule has 0 saturated carbocycles. The Kier molecular flexibility index (Phi) is 14.5. The number of hydrogen-bond acceptors (Lipinski definition) is 12. The van der Waals surface area contributed by atoms with Gasteiger partial charge in [-0.1, -0.05) is 26.0 Å². The average molecular weight is 895 g/mol. The molecule has 4 atom stereocenters. The van der Waals surface area contributed by atoms with Crippen molar-refractivity contribution < 1.29 is 55.8 Å². The second kappa shape index (κ2) is 19.4. The highest BCUT2D eigenvalue weighted by atomic mass is 19.3. The smallest absolute Gasteiger partial charge is 0.313 e. The van der Waals surface area contributed by atoms with Gasteiger partial charge in [-0.2, -0.15) is 0 Å². The van der Waals surface area contributed by atoms with Crippen molar-refractivity contribution >= 4 is 46.8 Å². The molecule has 340 valence electrons. The van der Waals surface area contributed by atoms with E-state index in [2.05, 4.69) is 30.6 Å². The lowest BCUT2D eigenvalue weighted by molar-refractivity contribution is -0.159. The van der Waals surface area contributed by atoms with Crippen molar-refractivity contribution in [2.75, 3.05) is 37.9 Å². The number of aromatic nitrogens is 4. The van der Waals surface area contributed by atoms with E-state index in [1.54, 1.807) is 38.1 Å². The molecule has 2 aliphatic heterocycles. The van der Waals surface area contributed by atoms with E-state index in [4.69, 9.17) is 20.9 Å². The van der Waals surface area contributed by atoms with Crippen LogP contribution in [0.2, 0.25) is 0 Å². The monoisotopic (exact) mass is 894 g/mol. The van der Waals surface area contributed by atoms with E-state index >= 15 is 0 Å². The zero-order valence-electron chi connectivity index (χ0n) is 35.5. The first kappa shape index (κ1) is 47.8. The highest BCUT2D eigenvalue weighted by molar-refractivity contribution is 6.40. The number of carbonyl (C=O) groups is 6. The van der Waals surface area contributed by atoms with Crippen molar-refractivity contribution in [3.8, 4) is 11.8 Å². The number of carbonyl (C=O) groups excluding carboxylic acids is 6. The lowest BCUT2D eigenvalue weighted by Crippen LogP contribution is -2.52. The number of aryl methyl sites for hydroxylation is 2. The number of alkyl halides is 4. The Morgan fingerprint density at radius 3 is 1.28 bits per heavy atom. The van der Waals surface area contributed by atoms with Gasteiger partial charge in [-0.25, -0.2) is 27.5 Å². The molecule has 0 radical (unpaired) electrons. The summed E-state index contributed by atoms with van der Waals surface area (Å²) in [6.45, 7) is 5.53. The van der Waals surface area contributed by atoms with Crippen molar-refractivity contribution in [2.24, 2.45) is 23.3 Å². The molecule has 0 unspecified atom stereocenters. The summed E-state index contributed by atoms with van der Waals surface area (Å²) >= 11 is 0. The topological polar surface area (TPSA) is 255 Å². The molecule has 18 nitrogen and oxygen atoms in total. The van der Waals surface area contributed by atoms with Crippen molar-refractivity contribution in [1.82, 2.24) is 29.7 Å². The minimum Gasteiger partial charge on any atom is -0.480 e. The van der Waals surface area contributed by atoms with E-state index in [9.17, 15) is 46.3 Å². The lowest BCUT2D eigenvalue weighted by atomic mass is 9.87. The first-order valence-corrected chi connectivity index (χ1v) is 19.6. The number of likely N-dealkylation sites (tertiary alicyclic amines) is 2. The number of ether oxygens (including phenoxy) is 2. The van der Waals surface area contributed by atoms with Crippen molar-refractivity contribution in [3.63, 3.8) is 0 Å². The third kappa shape index (κ3) is 10.8. The summed E-state index contributed by atoms with van der Waals surface area (Å²) in [6.07, 6.45) is 3.96. The van der Waals surface area contributed by atoms with Gasteiger partial charge in [0.05, 0.1) is 50.1 Å². The molecule has 6 rings (SSSR count). The molecule has 2 aliphatic rings. The molecule has 22 heteroatoms. The van der Waals surface area contributed by atoms with Crippen LogP contribution in [-0.2, 0) is 19.2 Å². The number of anilines is 2. The number of nitrogens with two attached hydrogens (primary N) is 2. The number of nitrogens with zero attached hydrogens (tertiary/aromatic N) is 6. The van der Waals surface area contributed by atoms with Gasteiger partial charge in [0.2, 0.25) is 11.8 Å². The lowest BCUT2D eigenvalue weighted by Gasteiger charge is -2.42. The van der Waals surface area contributed by atoms with Gasteiger partial charge >= 0.3 is 23.6 Å². The van der Waals surface area contributed by atoms with E-state index < -0.39 is 84.0 Å². The molecule has 4 aromatic heterocycles. The number of hydrogen-bond donors (Lipinski definition) is 4. The van der Waals surface area contributed by atoms with E-state index in [0.29, 0.717) is 22.5 Å². The summed E-state index contributed by atoms with van der Waals surface area (Å²) in [5.41, 5.74) is 12.6. The van der Waals surface area contributed by atoms with Crippen LogP contribution in [-0.4, -0.2) is 104 Å². The maximum absolute atomic E-state index is 14.5. The second-order valence-corrected chi connectivity index (χ2v) is 15.3. The van der Waals surface area contributed by atoms with Crippen LogP contribution in [0.4, 0.5) is 28.9 Å². The molecule has 2 fully saturated rings. The maximum Gasteiger partial charge on any atom is 0.313 e. The second-order valence-electron chi connectivity index (χ2n) is 15.3. The van der Waals surface area contributed by atoms with Crippen LogP contribution in [0.15, 0.2) is 61.2 Å². The Morgan fingerprint density at radius 2 is 0.984 bits per heavy atom. The van der Waals surface area contributed by atoms with Crippen LogP contribution >= 0.6 is 0 Å². The van der Waals surface area contributed by atoms with Gasteiger partial charge in [0, 0.05) is 61.5 Å². The third-order valence-corrected chi connectivity index (χ3v) is 10.8. The highest BCUT2D eigenvalue weighted by Crippen LogP contribution is 2.44. The van der Waals surface area contributed by atoms with Crippen LogP contribution < -0.4 is 31.6 Å². The normalized spacial score (nSPS) is 19.8. The van der Waals surface area contributed by atoms with Gasteiger partial charge < -0.3 is 41.4 Å². The van der Waals surface area contributed by atoms with Gasteiger partial charge in [0.25, 0.3) is 23.7 Å². The fraction of sp³-hybridized carbons (Fsp3) is 0.381. The van der Waals surface area contributed by atoms with Gasteiger partial charge in [0.1, 0.15) is 11.1 Å². The SMILES string of the molecule is COc1ncc(NC(=O)C(=O)N2C[C@@H](C)C(F)(F)C[C@@H]2c2ccc(C)nc2)cc1C(N)=O.COc1ncc(NC(=O)C(=O)N2C[C@H](C)C(F)(F)C[C@H]2c2ccc(C)nc2)cc1C(N)=O. The number of primary amides is 2. The summed E-state index contributed by atoms with van der Waals surface area (Å²) < 4.78 is 67.7. The number of rotatable bonds is 8. The number of methoxy groups -OCH3 is 2. The quantitative estimate of drug-likeness (QED) is 0.144. The van der Waals surface area contributed by atoms with Gasteiger partial charge in [-0.15, -0.1) is 0 Å². The van der Waals surface area contributed by atoms with Gasteiger partial charge in [-0.05, 0) is 49.2 Å². The number of piperidine rings is 2. The molecule has 6 heterocycles. The Hall–Kier alpha value is -7.26. The molecular formula is C42H46F4N10O8. The predicted molar refractivity (Wildman–Crippen MR) is 220 cm³/mol. The first-order chi connectivity index (χ1) is 30.1. The number of halogens is 4. The van der Waals surface area contributed by atoms with Gasteiger partial charge in [-0.3, -0.25) is 38.7 Å². The van der Waals surface area contributed by atoms with E-state index in [1.165, 1.54) is 65.0 Å². The fourth-order valence-electron chi connectivity index (χ4n) is 7.00. The summed E-state index contributed by atoms with van der Waals surface area (Å²) in [5, 5.41) is 4.69. The molecule has 6 amide bonds. The summed E-state index contributed by atoms with van der Waals surface area (Å²) in [6, 6.07) is 6.92. The van der Waals surface area contributed by atoms with Crippen LogP contribution in [0, 0.1) is 25.7 Å². The largest absolute Gasteiger partial charge is 0.480 e. The minimum absolute atomic E-state index is 0.0295. The molecule has 0 aromatic carbocycles. The molecule has 0 bridgehead atoms. The standard InChI is InChI=1S/2C21H23F2N5O4/c2*1-11-10-28(16(7-21(11,22)23)13-5-4-12(2)25-8-13)20(31)18(30)27-14-6-15(17(24)29)19(32-3)26-9-14/h2*4-6,8-9,11,16H,7,10H2,1-3H3,(H2,24,29)(H,27,30)/t2*11-,16-/m10/s1. The minimum atomic E-state index is -3.01. The van der Waals surface area contributed by atoms with Crippen LogP contribution in [0.3, 0.4) is 0 Å². The molecule has 2 saturated heterocycles. The third-order valence-electron chi connectivity index (χ3n) is 10.8. The average Bonchev–Trinajstić information content (AvgIpc) is 3.25. The summed E-state index contributed by atoms with van der Waals surface area (Å²) in [5.74, 6) is -14.2. The molecule has 4 aromatic rings. The molecular weight excluding hydrogens is 849 g/mol. The molecule has 64 heavy (non-hydrogen) atoms. The van der Waals surface area contributed by atoms with Crippen molar-refractivity contribution in [1.29, 1.82) is 0 Å². The summed E-state index contributed by atoms with van der Waals surface area (Å²) in [7, 11) is 2.59. The Bertz CT molecular complexity index is 2260. The Balaban J connectivity index is 0.000000241. The number of pyridine rings is 4. The predicted octanol–water partition coefficient (Wildman–Crippen LogP) is 4.15. The van der Waals surface area contributed by atoms with E-state index in [1.807, 2.05) is 0 Å². The van der Waals surface area contributed by atoms with Crippen LogP contribution in [0.25, 0.3) is 0 Å². The van der Waals surface area contributed by atoms with Gasteiger partial charge in [0.15, 0.2) is 0 Å². The van der Waals surface area contributed by atoms with Crippen LogP contribution in [0.1, 0.15) is 82.0 Å².